The number of rotatable bonds is 0. The van der Waals surface area contributed by atoms with Crippen LogP contribution in [-0.2, 0) is 5.11 Å². The molecule has 0 aliphatic rings. The van der Waals surface area contributed by atoms with Crippen molar-refractivity contribution < 1.29 is 5.11 Å². The maximum absolute atomic E-state index is 9.12. The van der Waals surface area contributed by atoms with Crippen LogP contribution in [0.5, 0.6) is 0 Å². The molecule has 0 aliphatic carbocycles. The topological polar surface area (TPSA) is 19.9 Å². The molecule has 0 rings (SSSR count). The molecule has 0 aromatic rings. The van der Waals surface area contributed by atoms with Crippen molar-refractivity contribution in [2.45, 2.75) is 6.92 Å². The van der Waals surface area contributed by atoms with Crippen molar-refractivity contribution in [1.82, 2.24) is 0 Å². The van der Waals surface area contributed by atoms with Crippen LogP contribution in [0.15, 0.2) is 12.3 Å². The molecule has 0 spiro atoms. The van der Waals surface area contributed by atoms with E-state index in [0.717, 1.165) is 6.26 Å². The van der Waals surface area contributed by atoms with E-state index in [1.54, 1.807) is 6.92 Å². The zero-order chi connectivity index (χ0) is 3.41. The summed E-state index contributed by atoms with van der Waals surface area (Å²) in [5.74, 6) is 0. The smallest absolute Gasteiger partial charge is 0.138 e. The van der Waals surface area contributed by atoms with E-state index in [4.69, 9.17) is 5.11 Å². The predicted molar refractivity (Wildman–Crippen MR) is 15.5 cm³/mol. The summed E-state index contributed by atoms with van der Waals surface area (Å²) in [6, 6.07) is 0. The van der Waals surface area contributed by atoms with Crippen LogP contribution >= 0.6 is 0 Å². The Kier molecular flexibility index (Phi) is 2.25. The van der Waals surface area contributed by atoms with Crippen LogP contribution < -0.4 is 0 Å². The van der Waals surface area contributed by atoms with Gasteiger partial charge >= 0.3 is 0 Å². The van der Waals surface area contributed by atoms with E-state index in [-0.39, 0.29) is 0 Å². The predicted octanol–water partition coefficient (Wildman–Crippen LogP) is 0.951. The minimum Gasteiger partial charge on any atom is -0.299 e. The van der Waals surface area contributed by atoms with Gasteiger partial charge in [0.15, 0.2) is 0 Å². The third kappa shape index (κ3) is 1.54. The van der Waals surface area contributed by atoms with Gasteiger partial charge in [0.2, 0.25) is 0 Å². The zero-order valence-electron chi connectivity index (χ0n) is 2.56. The Morgan fingerprint density at radius 1 is 1.75 bits per heavy atom. The first-order chi connectivity index (χ1) is 1.91. The van der Waals surface area contributed by atoms with Crippen LogP contribution in [0.2, 0.25) is 0 Å². The van der Waals surface area contributed by atoms with E-state index in [2.05, 4.69) is 0 Å². The van der Waals surface area contributed by atoms with Crippen molar-refractivity contribution in [3.63, 3.8) is 0 Å². The van der Waals surface area contributed by atoms with Crippen molar-refractivity contribution in [3.05, 3.63) is 12.3 Å². The molecule has 0 amide bonds. The van der Waals surface area contributed by atoms with E-state index in [1.807, 2.05) is 0 Å². The molecule has 4 heavy (non-hydrogen) atoms. The number of hydrogen-bond acceptors (Lipinski definition) is 0. The highest BCUT2D eigenvalue weighted by Gasteiger charge is 1.40. The van der Waals surface area contributed by atoms with Crippen LogP contribution in [0, 0.1) is 0 Å². The first-order valence-corrected chi connectivity index (χ1v) is 1.15. The maximum atomic E-state index is 9.12. The molecule has 0 saturated carbocycles. The fourth-order valence-electron chi connectivity index (χ4n) is 0. The van der Waals surface area contributed by atoms with Gasteiger partial charge in [-0.2, -0.15) is 0 Å². The zero-order valence-corrected chi connectivity index (χ0v) is 2.56. The highest BCUT2D eigenvalue weighted by molar-refractivity contribution is 4.60. The Hall–Kier alpha value is -0.460. The van der Waals surface area contributed by atoms with Gasteiger partial charge in [-0.05, 0) is 13.0 Å². The van der Waals surface area contributed by atoms with E-state index in [0.29, 0.717) is 0 Å². The molecule has 0 atom stereocenters. The van der Waals surface area contributed by atoms with Crippen molar-refractivity contribution in [3.8, 4) is 0 Å². The normalized spacial score (nSPS) is 9.25. The van der Waals surface area contributed by atoms with Gasteiger partial charge in [-0.15, -0.1) is 0 Å². The lowest BCUT2D eigenvalue weighted by molar-refractivity contribution is 0.351. The Labute approximate surface area is 25.6 Å². The molecule has 0 heterocycles. The fraction of sp³-hybridized carbons (Fsp3) is 0.333. The van der Waals surface area contributed by atoms with Gasteiger partial charge < -0.3 is 0 Å². The molecule has 1 heteroatoms. The van der Waals surface area contributed by atoms with Gasteiger partial charge in [0.25, 0.3) is 0 Å². The Balaban J connectivity index is 2.55. The molecule has 0 unspecified atom stereocenters. The Morgan fingerprint density at radius 2 is 2.00 bits per heavy atom. The lowest BCUT2D eigenvalue weighted by Crippen LogP contribution is -1.32. The quantitative estimate of drug-likeness (QED) is 0.369. The summed E-state index contributed by atoms with van der Waals surface area (Å²) < 4.78 is 0. The summed E-state index contributed by atoms with van der Waals surface area (Å²) in [5.41, 5.74) is 0. The molecular weight excluding hydrogens is 52.0 g/mol. The monoisotopic (exact) mass is 57.0 g/mol. The van der Waals surface area contributed by atoms with E-state index in [9.17, 15) is 0 Å². The van der Waals surface area contributed by atoms with Crippen LogP contribution in [0.25, 0.3) is 0 Å². The minimum absolute atomic E-state index is 0.750. The average Bonchev–Trinajstić information content (AvgIpc) is 1.37. The number of allylic oxidation sites excluding steroid dienone is 1. The summed E-state index contributed by atoms with van der Waals surface area (Å²) in [7, 11) is 0. The highest BCUT2D eigenvalue weighted by atomic mass is 16.2. The lowest BCUT2D eigenvalue weighted by atomic mass is 10.8. The lowest BCUT2D eigenvalue weighted by Gasteiger charge is -1.45. The molecular formula is C3H5O. The van der Waals surface area contributed by atoms with Crippen molar-refractivity contribution in [2.24, 2.45) is 0 Å². The first kappa shape index (κ1) is 3.54. The SMILES string of the molecule is CC=C[O]. The highest BCUT2D eigenvalue weighted by Crippen LogP contribution is 1.53. The third-order valence-electron chi connectivity index (χ3n) is 0.136. The summed E-state index contributed by atoms with van der Waals surface area (Å²) in [6.07, 6.45) is 2.19. The minimum atomic E-state index is 0.750. The molecule has 0 aromatic heterocycles. The molecule has 0 aliphatic heterocycles. The maximum Gasteiger partial charge on any atom is 0.138 e. The fourth-order valence-corrected chi connectivity index (χ4v) is 0. The standard InChI is InChI=1S/C3H5O/c1-2-3-4/h2-3H,1H3. The molecule has 1 nitrogen and oxygen atoms in total. The van der Waals surface area contributed by atoms with Gasteiger partial charge in [-0.3, -0.25) is 5.11 Å². The van der Waals surface area contributed by atoms with Crippen molar-refractivity contribution in [1.29, 1.82) is 0 Å². The van der Waals surface area contributed by atoms with Gasteiger partial charge in [-0.25, -0.2) is 0 Å². The van der Waals surface area contributed by atoms with Crippen LogP contribution in [0.3, 0.4) is 0 Å². The van der Waals surface area contributed by atoms with Gasteiger partial charge in [0.1, 0.15) is 6.26 Å². The second-order valence-corrected chi connectivity index (χ2v) is 0.469. The molecule has 0 fully saturated rings. The first-order valence-electron chi connectivity index (χ1n) is 1.15. The van der Waals surface area contributed by atoms with Crippen LogP contribution in [0.1, 0.15) is 6.92 Å². The van der Waals surface area contributed by atoms with Crippen molar-refractivity contribution >= 4 is 0 Å². The summed E-state index contributed by atoms with van der Waals surface area (Å²) in [6.45, 7) is 1.69. The Morgan fingerprint density at radius 3 is 2.00 bits per heavy atom. The average molecular weight is 57.1 g/mol. The van der Waals surface area contributed by atoms with Crippen LogP contribution in [0.4, 0.5) is 0 Å². The van der Waals surface area contributed by atoms with Crippen molar-refractivity contribution in [2.75, 3.05) is 0 Å². The van der Waals surface area contributed by atoms with E-state index >= 15 is 0 Å². The molecule has 0 saturated heterocycles. The molecule has 0 bridgehead atoms. The molecule has 23 valence electrons. The van der Waals surface area contributed by atoms with Gasteiger partial charge in [-0.1, -0.05) is 0 Å². The molecule has 0 aromatic carbocycles. The second-order valence-electron chi connectivity index (χ2n) is 0.469. The van der Waals surface area contributed by atoms with Gasteiger partial charge in [0.05, 0.1) is 0 Å². The van der Waals surface area contributed by atoms with E-state index < -0.39 is 0 Å². The molecule has 1 radical (unpaired) electrons. The molecule has 0 N–H and O–H groups in total. The second kappa shape index (κ2) is 2.54. The summed E-state index contributed by atoms with van der Waals surface area (Å²) in [5, 5.41) is 9.12. The Bertz CT molecular complexity index is 18.5. The van der Waals surface area contributed by atoms with Crippen LogP contribution in [-0.4, -0.2) is 0 Å². The van der Waals surface area contributed by atoms with Gasteiger partial charge in [0, 0.05) is 0 Å². The summed E-state index contributed by atoms with van der Waals surface area (Å²) in [4.78, 5) is 0. The third-order valence-corrected chi connectivity index (χ3v) is 0.136. The van der Waals surface area contributed by atoms with E-state index in [1.165, 1.54) is 6.08 Å². The largest absolute Gasteiger partial charge is 0.299 e. The number of hydrogen-bond donors (Lipinski definition) is 0. The summed E-state index contributed by atoms with van der Waals surface area (Å²) >= 11 is 0.